The van der Waals surface area contributed by atoms with Crippen LogP contribution in [-0.4, -0.2) is 41.7 Å². The summed E-state index contributed by atoms with van der Waals surface area (Å²) in [7, 11) is 0. The Morgan fingerprint density at radius 1 is 1.17 bits per heavy atom. The van der Waals surface area contributed by atoms with Gasteiger partial charge in [-0.3, -0.25) is 4.90 Å². The number of ether oxygens (including phenoxy) is 1. The van der Waals surface area contributed by atoms with Gasteiger partial charge in [-0.05, 0) is 31.6 Å². The Hall–Kier alpha value is -0.680. The predicted molar refractivity (Wildman–Crippen MR) is 64.8 cm³/mol. The van der Waals surface area contributed by atoms with Crippen molar-refractivity contribution in [2.75, 3.05) is 13.1 Å². The number of carbonyl (C=O) groups is 1. The zero-order valence-electron chi connectivity index (χ0n) is 10.7. The molecule has 0 amide bonds. The monoisotopic (exact) mass is 259 g/mol. The zero-order chi connectivity index (χ0) is 13.0. The van der Waals surface area contributed by atoms with Crippen LogP contribution in [0.15, 0.2) is 0 Å². The van der Waals surface area contributed by atoms with Gasteiger partial charge in [-0.1, -0.05) is 19.3 Å². The number of nitrogens with zero attached hydrogens (tertiary/aromatic N) is 1. The van der Waals surface area contributed by atoms with Gasteiger partial charge in [0.05, 0.1) is 0 Å². The zero-order valence-corrected chi connectivity index (χ0v) is 10.7. The SMILES string of the molecule is O=C(O)C(OC(F)N1CCCC1)C1CCCCC1. The van der Waals surface area contributed by atoms with Crippen molar-refractivity contribution in [3.8, 4) is 0 Å². The normalized spacial score (nSPS) is 26.1. The molecule has 1 heterocycles. The molecule has 4 nitrogen and oxygen atoms in total. The van der Waals surface area contributed by atoms with E-state index in [0.717, 1.165) is 44.9 Å². The Labute approximate surface area is 107 Å². The number of alkyl halides is 1. The van der Waals surface area contributed by atoms with E-state index >= 15 is 0 Å². The van der Waals surface area contributed by atoms with E-state index in [1.807, 2.05) is 0 Å². The van der Waals surface area contributed by atoms with Crippen LogP contribution in [0.4, 0.5) is 4.39 Å². The average molecular weight is 259 g/mol. The smallest absolute Gasteiger partial charge is 0.333 e. The van der Waals surface area contributed by atoms with Crippen LogP contribution >= 0.6 is 0 Å². The highest BCUT2D eigenvalue weighted by Gasteiger charge is 2.34. The maximum atomic E-state index is 13.9. The van der Waals surface area contributed by atoms with Crippen LogP contribution in [0.2, 0.25) is 0 Å². The maximum absolute atomic E-state index is 13.9. The molecule has 2 atom stereocenters. The van der Waals surface area contributed by atoms with Crippen LogP contribution in [0.3, 0.4) is 0 Å². The number of halogens is 1. The van der Waals surface area contributed by atoms with Gasteiger partial charge in [0.15, 0.2) is 6.10 Å². The summed E-state index contributed by atoms with van der Waals surface area (Å²) in [4.78, 5) is 12.8. The topological polar surface area (TPSA) is 49.8 Å². The number of aliphatic carboxylic acids is 1. The van der Waals surface area contributed by atoms with E-state index in [1.54, 1.807) is 4.90 Å². The third kappa shape index (κ3) is 3.42. The van der Waals surface area contributed by atoms with E-state index in [1.165, 1.54) is 0 Å². The lowest BCUT2D eigenvalue weighted by Crippen LogP contribution is -2.41. The lowest BCUT2D eigenvalue weighted by molar-refractivity contribution is -0.199. The fraction of sp³-hybridized carbons (Fsp3) is 0.923. The molecule has 1 saturated carbocycles. The number of rotatable bonds is 5. The van der Waals surface area contributed by atoms with Crippen molar-refractivity contribution in [3.63, 3.8) is 0 Å². The molecule has 0 spiro atoms. The molecule has 2 unspecified atom stereocenters. The summed E-state index contributed by atoms with van der Waals surface area (Å²) >= 11 is 0. The molecule has 2 fully saturated rings. The average Bonchev–Trinajstić information content (AvgIpc) is 2.90. The molecule has 0 aromatic heterocycles. The first kappa shape index (κ1) is 13.7. The molecule has 1 saturated heterocycles. The highest BCUT2D eigenvalue weighted by molar-refractivity contribution is 5.72. The summed E-state index contributed by atoms with van der Waals surface area (Å²) in [6.45, 7) is -0.230. The minimum Gasteiger partial charge on any atom is -0.479 e. The summed E-state index contributed by atoms with van der Waals surface area (Å²) in [6.07, 6.45) is 5.81. The van der Waals surface area contributed by atoms with Crippen molar-refractivity contribution in [1.29, 1.82) is 0 Å². The van der Waals surface area contributed by atoms with Crippen molar-refractivity contribution >= 4 is 5.97 Å². The van der Waals surface area contributed by atoms with Crippen molar-refractivity contribution < 1.29 is 19.0 Å². The maximum Gasteiger partial charge on any atom is 0.333 e. The third-order valence-electron chi connectivity index (χ3n) is 4.01. The highest BCUT2D eigenvalue weighted by atomic mass is 19.1. The molecule has 2 aliphatic rings. The lowest BCUT2D eigenvalue weighted by Gasteiger charge is -2.30. The van der Waals surface area contributed by atoms with Crippen LogP contribution in [-0.2, 0) is 9.53 Å². The van der Waals surface area contributed by atoms with Crippen LogP contribution in [0.1, 0.15) is 44.9 Å². The van der Waals surface area contributed by atoms with Gasteiger partial charge in [0.2, 0.25) is 0 Å². The van der Waals surface area contributed by atoms with E-state index in [0.29, 0.717) is 13.1 Å². The fourth-order valence-electron chi connectivity index (χ4n) is 2.96. The molecule has 1 aliphatic heterocycles. The van der Waals surface area contributed by atoms with Crippen LogP contribution in [0.25, 0.3) is 0 Å². The quantitative estimate of drug-likeness (QED) is 0.770. The molecular weight excluding hydrogens is 237 g/mol. The fourth-order valence-corrected chi connectivity index (χ4v) is 2.96. The summed E-state index contributed by atoms with van der Waals surface area (Å²) in [5.41, 5.74) is 0. The van der Waals surface area contributed by atoms with Gasteiger partial charge in [-0.2, -0.15) is 4.39 Å². The number of hydrogen-bond donors (Lipinski definition) is 1. The Balaban J connectivity index is 1.90. The van der Waals surface area contributed by atoms with Gasteiger partial charge in [-0.25, -0.2) is 4.79 Å². The summed E-state index contributed by atoms with van der Waals surface area (Å²) < 4.78 is 19.1. The minimum atomic E-state index is -1.56. The third-order valence-corrected chi connectivity index (χ3v) is 4.01. The van der Waals surface area contributed by atoms with E-state index in [4.69, 9.17) is 4.74 Å². The number of likely N-dealkylation sites (tertiary alicyclic amines) is 1. The first-order valence-electron chi connectivity index (χ1n) is 6.95. The standard InChI is InChI=1S/C13H22FNO3/c14-13(15-8-4-5-9-15)18-11(12(16)17)10-6-2-1-3-7-10/h10-11,13H,1-9H2,(H,16,17). The van der Waals surface area contributed by atoms with Crippen LogP contribution in [0.5, 0.6) is 0 Å². The second kappa shape index (κ2) is 6.48. The van der Waals surface area contributed by atoms with Gasteiger partial charge < -0.3 is 9.84 Å². The van der Waals surface area contributed by atoms with Crippen LogP contribution in [0, 0.1) is 5.92 Å². The Morgan fingerprint density at radius 3 is 2.33 bits per heavy atom. The van der Waals surface area contributed by atoms with Gasteiger partial charge in [0.1, 0.15) is 0 Å². The Morgan fingerprint density at radius 2 is 1.78 bits per heavy atom. The van der Waals surface area contributed by atoms with Crippen molar-refractivity contribution in [1.82, 2.24) is 4.90 Å². The first-order valence-corrected chi connectivity index (χ1v) is 6.95. The van der Waals surface area contributed by atoms with E-state index in [-0.39, 0.29) is 5.92 Å². The number of carboxylic acids is 1. The van der Waals surface area contributed by atoms with E-state index in [2.05, 4.69) is 0 Å². The Kier molecular flexibility index (Phi) is 4.95. The molecule has 2 rings (SSSR count). The molecule has 1 N–H and O–H groups in total. The minimum absolute atomic E-state index is 0.0305. The molecule has 0 aromatic carbocycles. The van der Waals surface area contributed by atoms with Crippen molar-refractivity contribution in [3.05, 3.63) is 0 Å². The molecular formula is C13H22FNO3. The molecule has 0 bridgehead atoms. The molecule has 0 aromatic rings. The van der Waals surface area contributed by atoms with Gasteiger partial charge in [0.25, 0.3) is 6.48 Å². The number of hydrogen-bond acceptors (Lipinski definition) is 3. The summed E-state index contributed by atoms with van der Waals surface area (Å²) in [5, 5.41) is 9.21. The van der Waals surface area contributed by atoms with E-state index in [9.17, 15) is 14.3 Å². The largest absolute Gasteiger partial charge is 0.479 e. The summed E-state index contributed by atoms with van der Waals surface area (Å²) in [5.74, 6) is -1.05. The van der Waals surface area contributed by atoms with Gasteiger partial charge >= 0.3 is 5.97 Å². The van der Waals surface area contributed by atoms with Gasteiger partial charge in [0, 0.05) is 13.1 Å². The number of carboxylic acid groups (broad SMARTS) is 1. The van der Waals surface area contributed by atoms with Gasteiger partial charge in [-0.15, -0.1) is 0 Å². The molecule has 0 radical (unpaired) electrons. The summed E-state index contributed by atoms with van der Waals surface area (Å²) in [6, 6.07) is 0. The second-order valence-corrected chi connectivity index (χ2v) is 5.33. The molecule has 18 heavy (non-hydrogen) atoms. The molecule has 1 aliphatic carbocycles. The van der Waals surface area contributed by atoms with E-state index < -0.39 is 18.6 Å². The second-order valence-electron chi connectivity index (χ2n) is 5.33. The highest BCUT2D eigenvalue weighted by Crippen LogP contribution is 2.29. The van der Waals surface area contributed by atoms with Crippen LogP contribution < -0.4 is 0 Å². The first-order chi connectivity index (χ1) is 8.68. The molecule has 104 valence electrons. The van der Waals surface area contributed by atoms with Crippen molar-refractivity contribution in [2.45, 2.75) is 57.5 Å². The molecule has 5 heteroatoms. The predicted octanol–water partition coefficient (Wildman–Crippen LogP) is 2.39. The Bertz CT molecular complexity index is 275. The lowest BCUT2D eigenvalue weighted by atomic mass is 9.85. The van der Waals surface area contributed by atoms with Crippen molar-refractivity contribution in [2.24, 2.45) is 5.92 Å².